The monoisotopic (exact) mass is 230 g/mol. The summed E-state index contributed by atoms with van der Waals surface area (Å²) in [6.45, 7) is 5.81. The van der Waals surface area contributed by atoms with Gasteiger partial charge in [-0.1, -0.05) is 45.4 Å². The van der Waals surface area contributed by atoms with Crippen LogP contribution in [0.5, 0.6) is 0 Å². The Morgan fingerprint density at radius 2 is 1.50 bits per heavy atom. The summed E-state index contributed by atoms with van der Waals surface area (Å²) >= 11 is 0. The standard InChI is InChI=1S/C14H30O2/c1-4-5-6-7-8-9-10-13(15)11-12-14(2,3)16/h13,15-16H,4-12H2,1-3H3/t13-/m1/s1. The van der Waals surface area contributed by atoms with E-state index < -0.39 is 5.60 Å². The summed E-state index contributed by atoms with van der Waals surface area (Å²) < 4.78 is 0. The average molecular weight is 230 g/mol. The molecular formula is C14H30O2. The molecule has 1 atom stereocenters. The van der Waals surface area contributed by atoms with Crippen molar-refractivity contribution in [1.29, 1.82) is 0 Å². The Kier molecular flexibility index (Phi) is 8.96. The molecule has 0 radical (unpaired) electrons. The van der Waals surface area contributed by atoms with Gasteiger partial charge in [-0.25, -0.2) is 0 Å². The molecule has 0 heterocycles. The summed E-state index contributed by atoms with van der Waals surface area (Å²) in [4.78, 5) is 0. The van der Waals surface area contributed by atoms with Crippen molar-refractivity contribution in [2.24, 2.45) is 0 Å². The van der Waals surface area contributed by atoms with Crippen molar-refractivity contribution >= 4 is 0 Å². The van der Waals surface area contributed by atoms with Gasteiger partial charge in [0.1, 0.15) is 0 Å². The maximum Gasteiger partial charge on any atom is 0.0592 e. The lowest BCUT2D eigenvalue weighted by atomic mass is 9.97. The smallest absolute Gasteiger partial charge is 0.0592 e. The topological polar surface area (TPSA) is 40.5 Å². The SMILES string of the molecule is CCCCCCCC[C@@H](O)CCC(C)(C)O. The first kappa shape index (κ1) is 15.9. The molecule has 0 saturated heterocycles. The van der Waals surface area contributed by atoms with E-state index in [1.807, 2.05) is 0 Å². The second-order valence-electron chi connectivity index (χ2n) is 5.56. The quantitative estimate of drug-likeness (QED) is 0.562. The van der Waals surface area contributed by atoms with Crippen LogP contribution in [0.25, 0.3) is 0 Å². The van der Waals surface area contributed by atoms with E-state index in [4.69, 9.17) is 0 Å². The second-order valence-corrected chi connectivity index (χ2v) is 5.56. The average Bonchev–Trinajstić information content (AvgIpc) is 2.19. The predicted octanol–water partition coefficient (Wildman–Crippen LogP) is 3.65. The molecule has 98 valence electrons. The molecule has 2 heteroatoms. The van der Waals surface area contributed by atoms with E-state index in [0.29, 0.717) is 6.42 Å². The highest BCUT2D eigenvalue weighted by atomic mass is 16.3. The van der Waals surface area contributed by atoms with Crippen molar-refractivity contribution in [3.63, 3.8) is 0 Å². The van der Waals surface area contributed by atoms with E-state index in [9.17, 15) is 10.2 Å². The van der Waals surface area contributed by atoms with Gasteiger partial charge in [-0.15, -0.1) is 0 Å². The lowest BCUT2D eigenvalue weighted by molar-refractivity contribution is 0.0465. The van der Waals surface area contributed by atoms with Gasteiger partial charge in [0, 0.05) is 0 Å². The van der Waals surface area contributed by atoms with Gasteiger partial charge in [-0.05, 0) is 33.1 Å². The zero-order chi connectivity index (χ0) is 12.4. The fraction of sp³-hybridized carbons (Fsp3) is 1.00. The number of rotatable bonds is 10. The molecule has 0 amide bonds. The van der Waals surface area contributed by atoms with Crippen LogP contribution in [0.4, 0.5) is 0 Å². The summed E-state index contributed by atoms with van der Waals surface area (Å²) in [5, 5.41) is 19.2. The van der Waals surface area contributed by atoms with Gasteiger partial charge in [0.15, 0.2) is 0 Å². The Hall–Kier alpha value is -0.0800. The van der Waals surface area contributed by atoms with Crippen molar-refractivity contribution in [3.8, 4) is 0 Å². The minimum atomic E-state index is -0.637. The van der Waals surface area contributed by atoms with Gasteiger partial charge < -0.3 is 10.2 Å². The van der Waals surface area contributed by atoms with Crippen molar-refractivity contribution in [2.75, 3.05) is 0 Å². The third-order valence-electron chi connectivity index (χ3n) is 2.98. The largest absolute Gasteiger partial charge is 0.393 e. The van der Waals surface area contributed by atoms with Gasteiger partial charge in [0.25, 0.3) is 0 Å². The Labute approximate surface area is 101 Å². The minimum Gasteiger partial charge on any atom is -0.393 e. The first-order valence-electron chi connectivity index (χ1n) is 6.86. The van der Waals surface area contributed by atoms with Gasteiger partial charge in [-0.2, -0.15) is 0 Å². The zero-order valence-electron chi connectivity index (χ0n) is 11.3. The van der Waals surface area contributed by atoms with E-state index in [1.54, 1.807) is 13.8 Å². The normalized spacial score (nSPS) is 14.1. The fourth-order valence-corrected chi connectivity index (χ4v) is 1.82. The highest BCUT2D eigenvalue weighted by Gasteiger charge is 2.14. The molecule has 0 aliphatic carbocycles. The summed E-state index contributed by atoms with van der Waals surface area (Å²) in [5.74, 6) is 0. The van der Waals surface area contributed by atoms with E-state index in [-0.39, 0.29) is 6.10 Å². The predicted molar refractivity (Wildman–Crippen MR) is 69.5 cm³/mol. The molecule has 0 saturated carbocycles. The molecule has 0 aromatic heterocycles. The second kappa shape index (κ2) is 9.00. The molecule has 16 heavy (non-hydrogen) atoms. The van der Waals surface area contributed by atoms with Crippen molar-refractivity contribution in [3.05, 3.63) is 0 Å². The summed E-state index contributed by atoms with van der Waals surface area (Å²) in [7, 11) is 0. The molecule has 0 bridgehead atoms. The van der Waals surface area contributed by atoms with E-state index in [2.05, 4.69) is 6.92 Å². The number of unbranched alkanes of at least 4 members (excludes halogenated alkanes) is 5. The molecule has 0 rings (SSSR count). The van der Waals surface area contributed by atoms with Crippen LogP contribution < -0.4 is 0 Å². The van der Waals surface area contributed by atoms with Gasteiger partial charge in [0.05, 0.1) is 11.7 Å². The van der Waals surface area contributed by atoms with Crippen LogP contribution in [0, 0.1) is 0 Å². The molecular weight excluding hydrogens is 200 g/mol. The lowest BCUT2D eigenvalue weighted by Gasteiger charge is -2.19. The molecule has 2 N–H and O–H groups in total. The number of aliphatic hydroxyl groups is 2. The van der Waals surface area contributed by atoms with Crippen molar-refractivity contribution in [1.82, 2.24) is 0 Å². The van der Waals surface area contributed by atoms with E-state index in [1.165, 1.54) is 32.1 Å². The van der Waals surface area contributed by atoms with Crippen LogP contribution in [-0.4, -0.2) is 21.9 Å². The zero-order valence-corrected chi connectivity index (χ0v) is 11.3. The third-order valence-corrected chi connectivity index (χ3v) is 2.98. The summed E-state index contributed by atoms with van der Waals surface area (Å²) in [6, 6.07) is 0. The lowest BCUT2D eigenvalue weighted by Crippen LogP contribution is -2.21. The third kappa shape index (κ3) is 12.0. The summed E-state index contributed by atoms with van der Waals surface area (Å²) in [5.41, 5.74) is -0.637. The highest BCUT2D eigenvalue weighted by molar-refractivity contribution is 4.68. The minimum absolute atomic E-state index is 0.224. The Bertz CT molecular complexity index is 149. The number of hydrogen-bond acceptors (Lipinski definition) is 2. The van der Waals surface area contributed by atoms with Gasteiger partial charge in [0.2, 0.25) is 0 Å². The van der Waals surface area contributed by atoms with Crippen LogP contribution in [0.15, 0.2) is 0 Å². The van der Waals surface area contributed by atoms with Crippen LogP contribution >= 0.6 is 0 Å². The molecule has 2 nitrogen and oxygen atoms in total. The van der Waals surface area contributed by atoms with Crippen LogP contribution in [-0.2, 0) is 0 Å². The first-order chi connectivity index (χ1) is 7.45. The summed E-state index contributed by atoms with van der Waals surface area (Å²) in [6.07, 6.45) is 9.68. The van der Waals surface area contributed by atoms with Crippen molar-refractivity contribution in [2.45, 2.75) is 90.3 Å². The number of aliphatic hydroxyl groups excluding tert-OH is 1. The molecule has 0 aromatic carbocycles. The van der Waals surface area contributed by atoms with Crippen LogP contribution in [0.3, 0.4) is 0 Å². The first-order valence-corrected chi connectivity index (χ1v) is 6.86. The number of hydrogen-bond donors (Lipinski definition) is 2. The van der Waals surface area contributed by atoms with Crippen LogP contribution in [0.1, 0.15) is 78.6 Å². The maximum absolute atomic E-state index is 9.70. The highest BCUT2D eigenvalue weighted by Crippen LogP contribution is 2.16. The molecule has 0 unspecified atom stereocenters. The maximum atomic E-state index is 9.70. The molecule has 0 spiro atoms. The van der Waals surface area contributed by atoms with Crippen molar-refractivity contribution < 1.29 is 10.2 Å². The Balaban J connectivity index is 3.27. The Morgan fingerprint density at radius 1 is 0.938 bits per heavy atom. The molecule has 0 aliphatic heterocycles. The Morgan fingerprint density at radius 3 is 2.06 bits per heavy atom. The molecule has 0 aliphatic rings. The van der Waals surface area contributed by atoms with Gasteiger partial charge in [-0.3, -0.25) is 0 Å². The van der Waals surface area contributed by atoms with E-state index >= 15 is 0 Å². The fourth-order valence-electron chi connectivity index (χ4n) is 1.82. The molecule has 0 aromatic rings. The van der Waals surface area contributed by atoms with E-state index in [0.717, 1.165) is 19.3 Å². The molecule has 0 fully saturated rings. The van der Waals surface area contributed by atoms with Gasteiger partial charge >= 0.3 is 0 Å². The van der Waals surface area contributed by atoms with Crippen LogP contribution in [0.2, 0.25) is 0 Å².